The van der Waals surface area contributed by atoms with E-state index >= 15 is 0 Å². The van der Waals surface area contributed by atoms with E-state index in [0.29, 0.717) is 28.6 Å². The van der Waals surface area contributed by atoms with Gasteiger partial charge in [0, 0.05) is 48.7 Å². The SMILES string of the molecule is CSCC[C@H](NC(=O)[C@H](Cc1c[nH]c2ccccc12)NC(=O)[C@H](CO)NC(=O)[C@H](CCCCN)NC(=O)CNC(=O)[C@@H]1CCCN1C(=O)[C@H](CO)NC(=O)[C@H](CC(=O)O)NC(=O)[C@H](CO)NC(=O)[C@H](CS)NC(=O)[C@H](CO)NC(=O)[C@@H](NC(=O)[C@H](CCC(=O)O)NC(=O)[C@H](CO)NC(=O)[C@H](CC(C)C)NC(=O)[C@H](CC(C)C)NC(=O)[C@H](CC(C)C)NC(=O)[C@@H](NC(=O)[C@@H](NC(=O)[C@@H](N)CCC(N)=O)C(C)C)C(C)C)[C@@H](C)O)C(=O)O. The number of fused-ring (bicyclic) bond motifs is 1. The van der Waals surface area contributed by atoms with E-state index in [9.17, 15) is 156 Å². The molecule has 2 heterocycles. The van der Waals surface area contributed by atoms with Crippen LogP contribution in [0.3, 0.4) is 0 Å². The lowest BCUT2D eigenvalue weighted by molar-refractivity contribution is -0.144. The molecule has 2 aromatic rings. The number of unbranched alkanes of at least 4 members (excludes halogenated alkanes) is 1. The number of benzene rings is 1. The van der Waals surface area contributed by atoms with Gasteiger partial charge < -0.3 is 169 Å². The molecule has 1 aromatic heterocycles. The summed E-state index contributed by atoms with van der Waals surface area (Å²) in [7, 11) is 0. The first-order chi connectivity index (χ1) is 70.5. The molecule has 0 spiro atoms. The molecule has 1 aliphatic heterocycles. The van der Waals surface area contributed by atoms with E-state index in [4.69, 9.17) is 17.2 Å². The Morgan fingerprint density at radius 3 is 1.27 bits per heavy atom. The number of aliphatic hydroxyl groups is 6. The fourth-order valence-corrected chi connectivity index (χ4v) is 16.1. The van der Waals surface area contributed by atoms with Crippen molar-refractivity contribution in [3.63, 3.8) is 0 Å². The summed E-state index contributed by atoms with van der Waals surface area (Å²) in [6.07, 6.45) is -1.82. The third kappa shape index (κ3) is 44.6. The molecule has 1 aromatic carbocycles. The largest absolute Gasteiger partial charge is 0.481 e. The van der Waals surface area contributed by atoms with Gasteiger partial charge in [-0.1, -0.05) is 87.4 Å². The molecule has 1 aliphatic rings. The number of nitrogens with one attached hydrogen (secondary N) is 19. The van der Waals surface area contributed by atoms with Gasteiger partial charge in [0.2, 0.25) is 118 Å². The topological polar surface area (TPSA) is 888 Å². The molecule has 57 heteroatoms. The Morgan fingerprint density at radius 1 is 0.433 bits per heavy atom. The van der Waals surface area contributed by atoms with Gasteiger partial charge in [0.05, 0.1) is 58.1 Å². The van der Waals surface area contributed by atoms with Crippen LogP contribution in [0, 0.1) is 29.6 Å². The van der Waals surface area contributed by atoms with E-state index in [1.54, 1.807) is 106 Å². The maximum absolute atomic E-state index is 14.4. The van der Waals surface area contributed by atoms with E-state index in [2.05, 4.69) is 97.4 Å². The van der Waals surface area contributed by atoms with Crippen molar-refractivity contribution in [2.24, 2.45) is 46.8 Å². The Kier molecular flexibility index (Phi) is 58.1. The number of aliphatic carboxylic acids is 3. The summed E-state index contributed by atoms with van der Waals surface area (Å²) >= 11 is 5.39. The molecule has 0 radical (unpaired) electrons. The number of hydrogen-bond donors (Lipinski definition) is 32. The number of amides is 20. The van der Waals surface area contributed by atoms with Crippen LogP contribution in [0.2, 0.25) is 0 Å². The molecule has 0 unspecified atom stereocenters. The third-order valence-electron chi connectivity index (χ3n) is 23.6. The van der Waals surface area contributed by atoms with Crippen molar-refractivity contribution in [1.82, 2.24) is 106 Å². The predicted molar refractivity (Wildman–Crippen MR) is 541 cm³/mol. The number of nitrogens with two attached hydrogens (primary N) is 3. The Bertz CT molecular complexity index is 4940. The lowest BCUT2D eigenvalue weighted by Crippen LogP contribution is -2.63. The number of thiol groups is 1. The number of carboxylic acids is 3. The van der Waals surface area contributed by atoms with Crippen molar-refractivity contribution in [2.75, 3.05) is 70.4 Å². The molecule has 842 valence electrons. The molecule has 1 saturated heterocycles. The first-order valence-electron chi connectivity index (χ1n) is 49.1. The smallest absolute Gasteiger partial charge is 0.326 e. The number of carbonyl (C=O) groups is 23. The number of aliphatic hydroxyl groups excluding tert-OH is 6. The second-order valence-electron chi connectivity index (χ2n) is 38.1. The van der Waals surface area contributed by atoms with Gasteiger partial charge in [0.25, 0.3) is 0 Å². The van der Waals surface area contributed by atoms with Crippen molar-refractivity contribution in [3.05, 3.63) is 36.0 Å². The summed E-state index contributed by atoms with van der Waals surface area (Å²) in [4.78, 5) is 316. The van der Waals surface area contributed by atoms with Gasteiger partial charge in [-0.3, -0.25) is 105 Å². The lowest BCUT2D eigenvalue weighted by atomic mass is 9.97. The Balaban J connectivity index is 1.74. The molecule has 0 aliphatic carbocycles. The van der Waals surface area contributed by atoms with E-state index in [0.717, 1.165) is 11.8 Å². The van der Waals surface area contributed by atoms with Crippen molar-refractivity contribution in [2.45, 2.75) is 293 Å². The van der Waals surface area contributed by atoms with Gasteiger partial charge in [-0.05, 0) is 137 Å². The molecule has 1 fully saturated rings. The molecule has 55 nitrogen and oxygen atoms in total. The molecular weight excluding hydrogens is 2020 g/mol. The van der Waals surface area contributed by atoms with Gasteiger partial charge >= 0.3 is 17.9 Å². The van der Waals surface area contributed by atoms with Gasteiger partial charge in [-0.2, -0.15) is 24.4 Å². The van der Waals surface area contributed by atoms with Gasteiger partial charge in [0.15, 0.2) is 0 Å². The number of carboxylic acid groups (broad SMARTS) is 3. The highest BCUT2D eigenvalue weighted by atomic mass is 32.2. The number of para-hydroxylation sites is 1. The van der Waals surface area contributed by atoms with Crippen LogP contribution in [0.5, 0.6) is 0 Å². The summed E-state index contributed by atoms with van der Waals surface area (Å²) in [6.45, 7) is 10.6. The minimum absolute atomic E-state index is 0.00687. The van der Waals surface area contributed by atoms with Crippen molar-refractivity contribution in [3.8, 4) is 0 Å². The monoisotopic (exact) mass is 2170 g/mol. The number of primary amides is 1. The molecule has 150 heavy (non-hydrogen) atoms. The molecule has 0 bridgehead atoms. The van der Waals surface area contributed by atoms with Crippen molar-refractivity contribution in [1.29, 1.82) is 0 Å². The van der Waals surface area contributed by atoms with E-state index < -0.39 is 339 Å². The standard InChI is InChI=1S/C93H151N23O32S2/c1-43(2)30-56(102-79(133)58(32-45(5)6)106-89(143)72(46(7)8)114-90(144)73(47(9)10)113-75(129)51(95)22-24-68(96)123)78(132)103-57(31-44(3)4)80(134)108-61(37-117)83(137)100-54(23-25-70(125)126)77(131)115-74(48(11)122)91(145)110-64(40-120)86(140)112-66(42-149)87(141)109-63(39-119)85(139)105-60(34-71(127)128)82(136)111-65(41-121)92(146)116-28-17-21-67(116)88(142)98-36-69(124)99-53(20-15-16-27-94)76(130)107-62(38-118)84(138)104-59(81(135)101-55(93(147)148)26-29-150-12)33-49-35-97-52-19-14-13-18-50(49)52/h13-14,18-19,35,43-48,51,53-67,72-74,97,117-122,149H,15-17,20-34,36-42,94-95H2,1-12H3,(H2,96,123)(H,98,142)(H,99,124)(H,100,137)(H,101,135)(H,102,133)(H,103,132)(H,104,138)(H,105,139)(H,106,143)(H,107,130)(H,108,134)(H,109,141)(H,110,145)(H,111,136)(H,112,140)(H,113,129)(H,114,144)(H,115,131)(H,125,126)(H,127,128)(H,147,148)/t48-,51+,53+,54+,55+,56+,57+,58+,59+,60+,61+,62+,63+,64+,65+,66+,67+,72+,73+,74+/m1/s1. The van der Waals surface area contributed by atoms with Gasteiger partial charge in [0.1, 0.15) is 109 Å². The average Bonchev–Trinajstić information content (AvgIpc) is 1.70. The summed E-state index contributed by atoms with van der Waals surface area (Å²) in [5.74, 6) is -29.2. The third-order valence-corrected chi connectivity index (χ3v) is 24.6. The Labute approximate surface area is 875 Å². The van der Waals surface area contributed by atoms with Crippen LogP contribution >= 0.6 is 24.4 Å². The number of aromatic nitrogens is 1. The number of H-pyrrole nitrogens is 1. The van der Waals surface area contributed by atoms with Crippen LogP contribution in [0.1, 0.15) is 172 Å². The van der Waals surface area contributed by atoms with Crippen LogP contribution < -0.4 is 113 Å². The molecule has 0 saturated carbocycles. The van der Waals surface area contributed by atoms with Crippen LogP contribution in [0.15, 0.2) is 30.5 Å². The average molecular weight is 2170 g/mol. The number of hydrogen-bond acceptors (Lipinski definition) is 33. The number of carbonyl (C=O) groups excluding carboxylic acids is 20. The Morgan fingerprint density at radius 2 is 0.820 bits per heavy atom. The summed E-state index contributed by atoms with van der Waals surface area (Å²) in [6, 6.07) is -25.0. The van der Waals surface area contributed by atoms with Gasteiger partial charge in [-0.15, -0.1) is 0 Å². The highest BCUT2D eigenvalue weighted by Crippen LogP contribution is 2.23. The van der Waals surface area contributed by atoms with Crippen LogP contribution in [0.4, 0.5) is 0 Å². The predicted octanol–water partition coefficient (Wildman–Crippen LogP) is -10.3. The molecule has 34 N–H and O–H groups in total. The zero-order valence-electron chi connectivity index (χ0n) is 85.9. The molecule has 20 amide bonds. The zero-order chi connectivity index (χ0) is 113. The maximum Gasteiger partial charge on any atom is 0.326 e. The number of rotatable bonds is 70. The molecular formula is C93H151N23O32S2. The quantitative estimate of drug-likeness (QED) is 0.0216. The van der Waals surface area contributed by atoms with E-state index in [-0.39, 0.29) is 95.6 Å². The van der Waals surface area contributed by atoms with Crippen LogP contribution in [-0.2, 0) is 117 Å². The van der Waals surface area contributed by atoms with E-state index in [1.807, 2.05) is 16.0 Å². The minimum atomic E-state index is -2.20. The number of nitrogens with zero attached hydrogens (tertiary/aromatic N) is 1. The minimum Gasteiger partial charge on any atom is -0.481 e. The summed E-state index contributed by atoms with van der Waals surface area (Å²) in [5, 5.41) is 135. The van der Waals surface area contributed by atoms with Crippen LogP contribution in [-0.4, -0.2) is 383 Å². The second kappa shape index (κ2) is 66.5. The highest BCUT2D eigenvalue weighted by Gasteiger charge is 2.44. The van der Waals surface area contributed by atoms with Crippen LogP contribution in [0.25, 0.3) is 10.9 Å². The lowest BCUT2D eigenvalue weighted by Gasteiger charge is -2.30. The first-order valence-corrected chi connectivity index (χ1v) is 51.1. The van der Waals surface area contributed by atoms with Crippen molar-refractivity contribution >= 4 is 171 Å². The number of likely N-dealkylation sites (tertiary alicyclic amines) is 1. The van der Waals surface area contributed by atoms with E-state index in [1.165, 1.54) is 11.8 Å². The molecule has 3 rings (SSSR count). The first kappa shape index (κ1) is 131. The fraction of sp³-hybridized carbons (Fsp3) is 0.667. The zero-order valence-corrected chi connectivity index (χ0v) is 87.7. The Hall–Kier alpha value is -13.0. The number of aromatic amines is 1. The van der Waals surface area contributed by atoms with Gasteiger partial charge in [-0.25, -0.2) is 4.79 Å². The summed E-state index contributed by atoms with van der Waals surface area (Å²) < 4.78 is 0. The normalized spacial score (nSPS) is 16.2. The highest BCUT2D eigenvalue weighted by molar-refractivity contribution is 7.98. The summed E-state index contributed by atoms with van der Waals surface area (Å²) in [5.41, 5.74) is 18.1. The fourth-order valence-electron chi connectivity index (χ4n) is 15.4. The second-order valence-corrected chi connectivity index (χ2v) is 39.5. The maximum atomic E-state index is 14.4. The number of thioether (sulfide) groups is 1. The van der Waals surface area contributed by atoms with Crippen molar-refractivity contribution < 1.29 is 156 Å². The molecule has 20 atom stereocenters.